The molecule has 0 bridgehead atoms. The highest BCUT2D eigenvalue weighted by Gasteiger charge is 2.26. The van der Waals surface area contributed by atoms with Gasteiger partial charge in [-0.25, -0.2) is 0 Å². The van der Waals surface area contributed by atoms with Crippen LogP contribution in [-0.2, 0) is 5.60 Å². The van der Waals surface area contributed by atoms with E-state index in [2.05, 4.69) is 12.1 Å². The normalized spacial score (nSPS) is 27.0. The molecule has 90 valence electrons. The van der Waals surface area contributed by atoms with E-state index in [1.807, 2.05) is 6.07 Å². The molecule has 1 saturated carbocycles. The van der Waals surface area contributed by atoms with Crippen LogP contribution in [0.25, 0.3) is 0 Å². The fraction of sp³-hybridized carbons (Fsp3) is 0.769. The van der Waals surface area contributed by atoms with Crippen LogP contribution in [0.5, 0.6) is 0 Å². The highest BCUT2D eigenvalue weighted by Crippen LogP contribution is 2.36. The van der Waals surface area contributed by atoms with Crippen LogP contribution in [0, 0.1) is 5.92 Å². The lowest BCUT2D eigenvalue weighted by Gasteiger charge is -2.23. The Labute approximate surface area is 96.8 Å². The molecule has 1 N–H and O–H groups in total. The first kappa shape index (κ1) is 11.6. The van der Waals surface area contributed by atoms with Crippen molar-refractivity contribution in [2.75, 3.05) is 0 Å². The number of rotatable bonds is 2. The minimum absolute atomic E-state index is 0.500. The van der Waals surface area contributed by atoms with Gasteiger partial charge in [0.25, 0.3) is 0 Å². The molecule has 16 heavy (non-hydrogen) atoms. The van der Waals surface area contributed by atoms with Crippen LogP contribution in [-0.4, -0.2) is 10.3 Å². The Hall–Kier alpha value is -0.830. The largest absolute Gasteiger partial charge is 0.384 e. The average molecular weight is 223 g/mol. The summed E-state index contributed by atoms with van der Waals surface area (Å²) in [7, 11) is 0. The van der Waals surface area contributed by atoms with Gasteiger partial charge >= 0.3 is 0 Å². The van der Waals surface area contributed by atoms with Crippen LogP contribution in [0.2, 0.25) is 0 Å². The molecule has 2 rings (SSSR count). The van der Waals surface area contributed by atoms with Crippen molar-refractivity contribution >= 4 is 0 Å². The lowest BCUT2D eigenvalue weighted by Crippen LogP contribution is -2.15. The van der Waals surface area contributed by atoms with Gasteiger partial charge < -0.3 is 9.63 Å². The molecular weight excluding hydrogens is 202 g/mol. The van der Waals surface area contributed by atoms with E-state index in [4.69, 9.17) is 4.52 Å². The molecule has 1 fully saturated rings. The summed E-state index contributed by atoms with van der Waals surface area (Å²) < 4.78 is 5.36. The second-order valence-electron chi connectivity index (χ2n) is 5.63. The van der Waals surface area contributed by atoms with Gasteiger partial charge in [-0.1, -0.05) is 24.9 Å². The van der Waals surface area contributed by atoms with E-state index in [1.54, 1.807) is 13.8 Å². The first-order chi connectivity index (χ1) is 7.47. The van der Waals surface area contributed by atoms with Crippen LogP contribution in [0.15, 0.2) is 10.6 Å². The van der Waals surface area contributed by atoms with Crippen molar-refractivity contribution in [2.24, 2.45) is 5.92 Å². The SMILES string of the molecule is CC(C)(O)c1cc([C@H]2CC[C@H](C)CC2)on1. The van der Waals surface area contributed by atoms with Gasteiger partial charge in [-0.15, -0.1) is 0 Å². The van der Waals surface area contributed by atoms with Gasteiger partial charge in [-0.3, -0.25) is 0 Å². The van der Waals surface area contributed by atoms with Crippen LogP contribution in [0.3, 0.4) is 0 Å². The van der Waals surface area contributed by atoms with Crippen LogP contribution >= 0.6 is 0 Å². The highest BCUT2D eigenvalue weighted by molar-refractivity contribution is 5.15. The summed E-state index contributed by atoms with van der Waals surface area (Å²) in [6.07, 6.45) is 4.90. The average Bonchev–Trinajstić information content (AvgIpc) is 2.67. The molecule has 0 radical (unpaired) electrons. The molecule has 0 aromatic carbocycles. The monoisotopic (exact) mass is 223 g/mol. The number of hydrogen-bond acceptors (Lipinski definition) is 3. The van der Waals surface area contributed by atoms with Crippen molar-refractivity contribution in [3.8, 4) is 0 Å². The van der Waals surface area contributed by atoms with E-state index in [-0.39, 0.29) is 0 Å². The highest BCUT2D eigenvalue weighted by atomic mass is 16.5. The molecule has 0 saturated heterocycles. The first-order valence-corrected chi connectivity index (χ1v) is 6.16. The topological polar surface area (TPSA) is 46.3 Å². The summed E-state index contributed by atoms with van der Waals surface area (Å²) >= 11 is 0. The van der Waals surface area contributed by atoms with E-state index < -0.39 is 5.60 Å². The zero-order chi connectivity index (χ0) is 11.8. The van der Waals surface area contributed by atoms with Gasteiger partial charge in [0.1, 0.15) is 17.1 Å². The van der Waals surface area contributed by atoms with Crippen molar-refractivity contribution in [3.63, 3.8) is 0 Å². The van der Waals surface area contributed by atoms with Gasteiger partial charge in [-0.05, 0) is 32.6 Å². The van der Waals surface area contributed by atoms with Crippen molar-refractivity contribution in [1.82, 2.24) is 5.16 Å². The van der Waals surface area contributed by atoms with Gasteiger partial charge in [0.15, 0.2) is 0 Å². The molecule has 1 aromatic heterocycles. The lowest BCUT2D eigenvalue weighted by atomic mass is 9.81. The molecular formula is C13H21NO2. The third-order valence-corrected chi connectivity index (χ3v) is 3.57. The Morgan fingerprint density at radius 2 is 1.94 bits per heavy atom. The third-order valence-electron chi connectivity index (χ3n) is 3.57. The zero-order valence-electron chi connectivity index (χ0n) is 10.4. The lowest BCUT2D eigenvalue weighted by molar-refractivity contribution is 0.0699. The molecule has 3 heteroatoms. The summed E-state index contributed by atoms with van der Waals surface area (Å²) in [5.74, 6) is 2.29. The zero-order valence-corrected chi connectivity index (χ0v) is 10.4. The Morgan fingerprint density at radius 3 is 2.44 bits per heavy atom. The van der Waals surface area contributed by atoms with Gasteiger partial charge in [0, 0.05) is 12.0 Å². The smallest absolute Gasteiger partial charge is 0.140 e. The second kappa shape index (κ2) is 4.21. The minimum atomic E-state index is -0.899. The third kappa shape index (κ3) is 2.46. The molecule has 0 unspecified atom stereocenters. The summed E-state index contributed by atoms with van der Waals surface area (Å²) in [6.45, 7) is 5.77. The molecule has 1 aliphatic carbocycles. The second-order valence-corrected chi connectivity index (χ2v) is 5.63. The van der Waals surface area contributed by atoms with Gasteiger partial charge in [-0.2, -0.15) is 0 Å². The maximum atomic E-state index is 9.82. The van der Waals surface area contributed by atoms with E-state index in [9.17, 15) is 5.11 Å². The summed E-state index contributed by atoms with van der Waals surface area (Å²) in [5, 5.41) is 13.8. The molecule has 1 heterocycles. The van der Waals surface area contributed by atoms with Crippen molar-refractivity contribution in [3.05, 3.63) is 17.5 Å². The number of nitrogens with zero attached hydrogens (tertiary/aromatic N) is 1. The molecule has 0 amide bonds. The summed E-state index contributed by atoms with van der Waals surface area (Å²) in [5.41, 5.74) is -0.259. The molecule has 0 spiro atoms. The Balaban J connectivity index is 2.08. The molecule has 3 nitrogen and oxygen atoms in total. The van der Waals surface area contributed by atoms with Crippen LogP contribution in [0.1, 0.15) is 63.8 Å². The maximum Gasteiger partial charge on any atom is 0.140 e. The fourth-order valence-electron chi connectivity index (χ4n) is 2.31. The fourth-order valence-corrected chi connectivity index (χ4v) is 2.31. The quantitative estimate of drug-likeness (QED) is 0.837. The summed E-state index contributed by atoms with van der Waals surface area (Å²) in [6, 6.07) is 1.92. The molecule has 1 aromatic rings. The standard InChI is InChI=1S/C13H21NO2/c1-9-4-6-10(7-5-9)11-8-12(14-16-11)13(2,3)15/h8-10,15H,4-7H2,1-3H3/t9-,10-. The van der Waals surface area contributed by atoms with E-state index >= 15 is 0 Å². The summed E-state index contributed by atoms with van der Waals surface area (Å²) in [4.78, 5) is 0. The Bertz CT molecular complexity index is 343. The van der Waals surface area contributed by atoms with Crippen LogP contribution in [0.4, 0.5) is 0 Å². The molecule has 0 aliphatic heterocycles. The predicted octanol–water partition coefficient (Wildman–Crippen LogP) is 3.20. The van der Waals surface area contributed by atoms with E-state index in [1.165, 1.54) is 25.7 Å². The number of aromatic nitrogens is 1. The van der Waals surface area contributed by atoms with Crippen molar-refractivity contribution < 1.29 is 9.63 Å². The molecule has 1 aliphatic rings. The van der Waals surface area contributed by atoms with E-state index in [0.29, 0.717) is 11.6 Å². The minimum Gasteiger partial charge on any atom is -0.384 e. The molecule has 0 atom stereocenters. The van der Waals surface area contributed by atoms with Gasteiger partial charge in [0.05, 0.1) is 0 Å². The predicted molar refractivity (Wildman–Crippen MR) is 62.1 cm³/mol. The number of hydrogen-bond donors (Lipinski definition) is 1. The van der Waals surface area contributed by atoms with Crippen molar-refractivity contribution in [1.29, 1.82) is 0 Å². The van der Waals surface area contributed by atoms with Crippen molar-refractivity contribution in [2.45, 2.75) is 58.0 Å². The Morgan fingerprint density at radius 1 is 1.31 bits per heavy atom. The first-order valence-electron chi connectivity index (χ1n) is 6.16. The van der Waals surface area contributed by atoms with Gasteiger partial charge in [0.2, 0.25) is 0 Å². The van der Waals surface area contributed by atoms with Crippen LogP contribution < -0.4 is 0 Å². The number of aliphatic hydroxyl groups is 1. The van der Waals surface area contributed by atoms with E-state index in [0.717, 1.165) is 11.7 Å². The Kier molecular flexibility index (Phi) is 3.06. The maximum absolute atomic E-state index is 9.82.